The summed E-state index contributed by atoms with van der Waals surface area (Å²) in [5.41, 5.74) is 2.27. The lowest BCUT2D eigenvalue weighted by atomic mass is 10.2. The minimum atomic E-state index is -1.06. The molecule has 3 heterocycles. The largest absolute Gasteiger partial charge is 0.476 e. The third-order valence-electron chi connectivity index (χ3n) is 4.65. The van der Waals surface area contributed by atoms with E-state index in [-0.39, 0.29) is 11.6 Å². The average Bonchev–Trinajstić information content (AvgIpc) is 3.20. The monoisotopic (exact) mass is 360 g/mol. The molecular formula is C17H24N6O3. The van der Waals surface area contributed by atoms with Crippen LogP contribution in [0.2, 0.25) is 0 Å². The van der Waals surface area contributed by atoms with Crippen molar-refractivity contribution in [3.8, 4) is 0 Å². The van der Waals surface area contributed by atoms with E-state index in [0.29, 0.717) is 26.1 Å². The molecule has 140 valence electrons. The van der Waals surface area contributed by atoms with Crippen molar-refractivity contribution in [1.82, 2.24) is 29.4 Å². The summed E-state index contributed by atoms with van der Waals surface area (Å²) >= 11 is 0. The van der Waals surface area contributed by atoms with Gasteiger partial charge in [-0.15, -0.1) is 0 Å². The lowest BCUT2D eigenvalue weighted by molar-refractivity contribution is -0.133. The molecule has 1 aliphatic heterocycles. The summed E-state index contributed by atoms with van der Waals surface area (Å²) in [6.45, 7) is 6.35. The Balaban J connectivity index is 1.44. The highest BCUT2D eigenvalue weighted by Gasteiger charge is 2.22. The maximum Gasteiger partial charge on any atom is 0.356 e. The van der Waals surface area contributed by atoms with Gasteiger partial charge in [-0.3, -0.25) is 19.1 Å². The van der Waals surface area contributed by atoms with Crippen LogP contribution in [0.5, 0.6) is 0 Å². The number of hydrogen-bond acceptors (Lipinski definition) is 5. The van der Waals surface area contributed by atoms with Gasteiger partial charge in [0.25, 0.3) is 0 Å². The van der Waals surface area contributed by atoms with E-state index in [1.807, 2.05) is 29.7 Å². The molecule has 3 rings (SSSR count). The van der Waals surface area contributed by atoms with Crippen LogP contribution in [-0.2, 0) is 24.9 Å². The highest BCUT2D eigenvalue weighted by Crippen LogP contribution is 2.12. The molecule has 9 heteroatoms. The number of carboxylic acid groups (broad SMARTS) is 1. The van der Waals surface area contributed by atoms with Gasteiger partial charge in [0, 0.05) is 70.7 Å². The molecule has 0 spiro atoms. The number of piperazine rings is 1. The topological polar surface area (TPSA) is 96.5 Å². The van der Waals surface area contributed by atoms with Gasteiger partial charge in [-0.2, -0.15) is 10.2 Å². The van der Waals surface area contributed by atoms with E-state index >= 15 is 0 Å². The average molecular weight is 360 g/mol. The van der Waals surface area contributed by atoms with Crippen LogP contribution < -0.4 is 0 Å². The first-order valence-electron chi connectivity index (χ1n) is 8.68. The first kappa shape index (κ1) is 18.1. The molecule has 0 atom stereocenters. The molecule has 0 unspecified atom stereocenters. The van der Waals surface area contributed by atoms with Gasteiger partial charge in [-0.25, -0.2) is 4.79 Å². The number of aromatic carboxylic acids is 1. The smallest absolute Gasteiger partial charge is 0.356 e. The summed E-state index contributed by atoms with van der Waals surface area (Å²) in [6, 6.07) is 1.44. The first-order valence-corrected chi connectivity index (χ1v) is 8.68. The summed E-state index contributed by atoms with van der Waals surface area (Å²) in [5.74, 6) is -0.982. The van der Waals surface area contributed by atoms with Crippen molar-refractivity contribution in [3.05, 3.63) is 35.4 Å². The van der Waals surface area contributed by atoms with Gasteiger partial charge in [0.2, 0.25) is 5.91 Å². The molecule has 0 saturated carbocycles. The minimum Gasteiger partial charge on any atom is -0.476 e. The molecule has 0 aliphatic carbocycles. The van der Waals surface area contributed by atoms with E-state index in [2.05, 4.69) is 15.1 Å². The Hall–Kier alpha value is -2.68. The zero-order valence-electron chi connectivity index (χ0n) is 15.1. The third-order valence-corrected chi connectivity index (χ3v) is 4.65. The van der Waals surface area contributed by atoms with Crippen molar-refractivity contribution < 1.29 is 14.7 Å². The van der Waals surface area contributed by atoms with E-state index in [1.54, 1.807) is 6.20 Å². The molecule has 2 aromatic rings. The van der Waals surface area contributed by atoms with Gasteiger partial charge in [-0.1, -0.05) is 0 Å². The van der Waals surface area contributed by atoms with Gasteiger partial charge in [0.05, 0.1) is 5.69 Å². The number of aryl methyl sites for hydroxylation is 3. The fourth-order valence-electron chi connectivity index (χ4n) is 3.17. The number of rotatable bonds is 6. The Labute approximate surface area is 151 Å². The third kappa shape index (κ3) is 4.29. The van der Waals surface area contributed by atoms with Crippen molar-refractivity contribution in [2.75, 3.05) is 26.2 Å². The minimum absolute atomic E-state index is 0.00300. The van der Waals surface area contributed by atoms with Crippen LogP contribution in [0.15, 0.2) is 18.5 Å². The first-order chi connectivity index (χ1) is 12.4. The number of aromatic nitrogens is 4. The molecule has 1 saturated heterocycles. The maximum atomic E-state index is 12.4. The standard InChI is InChI=1S/C17H24N6O3/c1-13-14(11-20(2)18-13)12-21-7-9-22(10-8-21)16(24)4-6-23-5-3-15(19-23)17(25)26/h3,5,11H,4,6-10,12H2,1-2H3,(H,25,26). The van der Waals surface area contributed by atoms with Crippen LogP contribution in [0.4, 0.5) is 0 Å². The van der Waals surface area contributed by atoms with E-state index in [4.69, 9.17) is 5.11 Å². The normalized spacial score (nSPS) is 15.4. The number of carbonyl (C=O) groups excluding carboxylic acids is 1. The Bertz CT molecular complexity index is 788. The Kier molecular flexibility index (Phi) is 5.36. The fraction of sp³-hybridized carbons (Fsp3) is 0.529. The van der Waals surface area contributed by atoms with Crippen LogP contribution in [0.3, 0.4) is 0 Å². The van der Waals surface area contributed by atoms with Crippen LogP contribution in [0.1, 0.15) is 28.2 Å². The fourth-order valence-corrected chi connectivity index (χ4v) is 3.17. The molecule has 26 heavy (non-hydrogen) atoms. The highest BCUT2D eigenvalue weighted by molar-refractivity contribution is 5.85. The Morgan fingerprint density at radius 2 is 1.92 bits per heavy atom. The van der Waals surface area contributed by atoms with E-state index in [1.165, 1.54) is 16.3 Å². The molecule has 0 bridgehead atoms. The summed E-state index contributed by atoms with van der Waals surface area (Å²) in [7, 11) is 1.92. The number of carbonyl (C=O) groups is 2. The number of hydrogen-bond donors (Lipinski definition) is 1. The van der Waals surface area contributed by atoms with Gasteiger partial charge < -0.3 is 10.0 Å². The Morgan fingerprint density at radius 3 is 2.50 bits per heavy atom. The quantitative estimate of drug-likeness (QED) is 0.799. The van der Waals surface area contributed by atoms with Crippen LogP contribution in [-0.4, -0.2) is 72.5 Å². The lowest BCUT2D eigenvalue weighted by Gasteiger charge is -2.34. The van der Waals surface area contributed by atoms with E-state index in [9.17, 15) is 9.59 Å². The van der Waals surface area contributed by atoms with Gasteiger partial charge in [0.1, 0.15) is 0 Å². The number of carboxylic acids is 1. The van der Waals surface area contributed by atoms with Crippen molar-refractivity contribution in [1.29, 1.82) is 0 Å². The predicted molar refractivity (Wildman–Crippen MR) is 93.6 cm³/mol. The highest BCUT2D eigenvalue weighted by atomic mass is 16.4. The van der Waals surface area contributed by atoms with E-state index < -0.39 is 5.97 Å². The Morgan fingerprint density at radius 1 is 1.19 bits per heavy atom. The van der Waals surface area contributed by atoms with Crippen LogP contribution in [0, 0.1) is 6.92 Å². The summed E-state index contributed by atoms with van der Waals surface area (Å²) < 4.78 is 3.33. The number of amides is 1. The summed E-state index contributed by atoms with van der Waals surface area (Å²) in [4.78, 5) is 27.4. The van der Waals surface area contributed by atoms with Crippen molar-refractivity contribution >= 4 is 11.9 Å². The van der Waals surface area contributed by atoms with Crippen molar-refractivity contribution in [2.24, 2.45) is 7.05 Å². The maximum absolute atomic E-state index is 12.4. The van der Waals surface area contributed by atoms with E-state index in [0.717, 1.165) is 25.3 Å². The van der Waals surface area contributed by atoms with Crippen LogP contribution >= 0.6 is 0 Å². The second-order valence-corrected chi connectivity index (χ2v) is 6.59. The zero-order chi connectivity index (χ0) is 18.7. The molecule has 1 N–H and O–H groups in total. The van der Waals surface area contributed by atoms with Gasteiger partial charge >= 0.3 is 5.97 Å². The van der Waals surface area contributed by atoms with Gasteiger partial charge in [-0.05, 0) is 13.0 Å². The van der Waals surface area contributed by atoms with Crippen LogP contribution in [0.25, 0.3) is 0 Å². The van der Waals surface area contributed by atoms with Crippen molar-refractivity contribution in [2.45, 2.75) is 26.4 Å². The molecule has 0 aromatic carbocycles. The van der Waals surface area contributed by atoms with Gasteiger partial charge in [0.15, 0.2) is 5.69 Å². The predicted octanol–water partition coefficient (Wildman–Crippen LogP) is 0.358. The molecule has 9 nitrogen and oxygen atoms in total. The molecule has 1 aliphatic rings. The molecule has 0 radical (unpaired) electrons. The zero-order valence-corrected chi connectivity index (χ0v) is 15.1. The number of nitrogens with zero attached hydrogens (tertiary/aromatic N) is 6. The summed E-state index contributed by atoms with van der Waals surface area (Å²) in [6.07, 6.45) is 3.95. The molecular weight excluding hydrogens is 336 g/mol. The molecule has 1 fully saturated rings. The SMILES string of the molecule is Cc1nn(C)cc1CN1CCN(C(=O)CCn2ccc(C(=O)O)n2)CC1. The van der Waals surface area contributed by atoms with Crippen molar-refractivity contribution in [3.63, 3.8) is 0 Å². The second-order valence-electron chi connectivity index (χ2n) is 6.59. The molecule has 1 amide bonds. The lowest BCUT2D eigenvalue weighted by Crippen LogP contribution is -2.48. The molecule has 2 aromatic heterocycles. The summed E-state index contributed by atoms with van der Waals surface area (Å²) in [5, 5.41) is 17.2. The second kappa shape index (κ2) is 7.69.